The van der Waals surface area contributed by atoms with Crippen molar-refractivity contribution in [3.05, 3.63) is 101 Å². The fourth-order valence-corrected chi connectivity index (χ4v) is 4.68. The Bertz CT molecular complexity index is 1290. The van der Waals surface area contributed by atoms with Gasteiger partial charge >= 0.3 is 0 Å². The number of likely N-dealkylation sites (N-methyl/N-ethyl adjacent to an activating group) is 1. The summed E-state index contributed by atoms with van der Waals surface area (Å²) in [5, 5.41) is 0.886. The van der Waals surface area contributed by atoms with Gasteiger partial charge in [-0.1, -0.05) is 66.7 Å². The summed E-state index contributed by atoms with van der Waals surface area (Å²) < 4.78 is 0. The second-order valence-electron chi connectivity index (χ2n) is 8.11. The molecule has 0 radical (unpaired) electrons. The monoisotopic (exact) mass is 394 g/mol. The average Bonchev–Trinajstić information content (AvgIpc) is 3.23. The fourth-order valence-electron chi connectivity index (χ4n) is 4.68. The summed E-state index contributed by atoms with van der Waals surface area (Å²) >= 11 is 0. The lowest BCUT2D eigenvalue weighted by Gasteiger charge is -2.23. The van der Waals surface area contributed by atoms with Crippen LogP contribution in [0.1, 0.15) is 34.1 Å². The van der Waals surface area contributed by atoms with Crippen molar-refractivity contribution in [1.29, 1.82) is 0 Å². The summed E-state index contributed by atoms with van der Waals surface area (Å²) in [5.74, 6) is 0.0131. The molecular weight excluding hydrogens is 372 g/mol. The van der Waals surface area contributed by atoms with Crippen molar-refractivity contribution in [2.45, 2.75) is 18.8 Å². The predicted molar refractivity (Wildman–Crippen MR) is 119 cm³/mol. The smallest absolute Gasteiger partial charge is 0.237 e. The standard InChI is InChI=1S/C26H22N2O2/c1-26(19-13-7-9-15-22(19)28(2)25(26)30)16-21-23(18-12-6-8-14-20(18)27-21)24(29)17-10-4-3-5-11-17/h3-15,27H,16H2,1-2H3. The molecule has 1 aromatic heterocycles. The maximum Gasteiger partial charge on any atom is 0.237 e. The van der Waals surface area contributed by atoms with Crippen LogP contribution in [0.3, 0.4) is 0 Å². The Kier molecular flexibility index (Phi) is 4.10. The number of aromatic amines is 1. The molecule has 3 aromatic carbocycles. The number of nitrogens with one attached hydrogen (secondary N) is 1. The van der Waals surface area contributed by atoms with E-state index < -0.39 is 5.41 Å². The lowest BCUT2D eigenvalue weighted by molar-refractivity contribution is -0.122. The molecule has 0 aliphatic carbocycles. The van der Waals surface area contributed by atoms with Gasteiger partial charge in [-0.15, -0.1) is 0 Å². The van der Waals surface area contributed by atoms with Crippen LogP contribution in [-0.2, 0) is 16.6 Å². The largest absolute Gasteiger partial charge is 0.358 e. The van der Waals surface area contributed by atoms with Gasteiger partial charge in [0, 0.05) is 41.3 Å². The van der Waals surface area contributed by atoms with Crippen molar-refractivity contribution in [3.63, 3.8) is 0 Å². The van der Waals surface area contributed by atoms with Crippen LogP contribution in [-0.4, -0.2) is 23.7 Å². The molecule has 1 N–H and O–H groups in total. The number of aromatic nitrogens is 1. The Balaban J connectivity index is 1.67. The maximum atomic E-state index is 13.5. The van der Waals surface area contributed by atoms with Gasteiger partial charge in [0.1, 0.15) is 0 Å². The molecule has 0 saturated heterocycles. The van der Waals surface area contributed by atoms with E-state index in [1.54, 1.807) is 4.90 Å². The molecule has 30 heavy (non-hydrogen) atoms. The van der Waals surface area contributed by atoms with E-state index in [0.717, 1.165) is 27.8 Å². The number of rotatable bonds is 4. The van der Waals surface area contributed by atoms with Crippen LogP contribution >= 0.6 is 0 Å². The SMILES string of the molecule is CN1C(=O)C(C)(Cc2[nH]c3ccccc3c2C(=O)c2ccccc2)c2ccccc21. The molecule has 4 nitrogen and oxygen atoms in total. The second-order valence-corrected chi connectivity index (χ2v) is 8.11. The number of anilines is 1. The first kappa shape index (κ1) is 18.4. The zero-order valence-corrected chi connectivity index (χ0v) is 17.0. The highest BCUT2D eigenvalue weighted by Gasteiger charge is 2.46. The van der Waals surface area contributed by atoms with E-state index in [4.69, 9.17) is 0 Å². The van der Waals surface area contributed by atoms with Crippen LogP contribution in [0.4, 0.5) is 5.69 Å². The molecule has 4 heteroatoms. The van der Waals surface area contributed by atoms with Crippen molar-refractivity contribution >= 4 is 28.3 Å². The molecule has 5 rings (SSSR count). The van der Waals surface area contributed by atoms with Gasteiger partial charge in [-0.05, 0) is 24.6 Å². The number of carbonyl (C=O) groups excluding carboxylic acids is 2. The van der Waals surface area contributed by atoms with Crippen LogP contribution in [0.15, 0.2) is 78.9 Å². The summed E-state index contributed by atoms with van der Waals surface area (Å²) in [4.78, 5) is 31.9. The number of para-hydroxylation sites is 2. The molecule has 1 atom stereocenters. The quantitative estimate of drug-likeness (QED) is 0.502. The molecule has 0 fully saturated rings. The van der Waals surface area contributed by atoms with Crippen LogP contribution in [0.5, 0.6) is 0 Å². The van der Waals surface area contributed by atoms with Crippen molar-refractivity contribution in [3.8, 4) is 0 Å². The molecule has 4 aromatic rings. The number of fused-ring (bicyclic) bond motifs is 2. The van der Waals surface area contributed by atoms with E-state index in [1.807, 2.05) is 92.8 Å². The first-order chi connectivity index (χ1) is 14.5. The molecule has 1 amide bonds. The highest BCUT2D eigenvalue weighted by atomic mass is 16.2. The highest BCUT2D eigenvalue weighted by molar-refractivity contribution is 6.17. The van der Waals surface area contributed by atoms with Gasteiger partial charge in [0.15, 0.2) is 5.78 Å². The third-order valence-corrected chi connectivity index (χ3v) is 6.21. The highest BCUT2D eigenvalue weighted by Crippen LogP contribution is 2.43. The molecule has 1 aliphatic heterocycles. The number of H-pyrrole nitrogens is 1. The second kappa shape index (κ2) is 6.70. The number of amides is 1. The summed E-state index contributed by atoms with van der Waals surface area (Å²) in [6.07, 6.45) is 0.426. The van der Waals surface area contributed by atoms with E-state index in [-0.39, 0.29) is 11.7 Å². The van der Waals surface area contributed by atoms with Gasteiger partial charge in [0.2, 0.25) is 5.91 Å². The zero-order chi connectivity index (χ0) is 20.9. The van der Waals surface area contributed by atoms with Gasteiger partial charge < -0.3 is 9.88 Å². The summed E-state index contributed by atoms with van der Waals surface area (Å²) in [6.45, 7) is 1.97. The van der Waals surface area contributed by atoms with E-state index in [2.05, 4.69) is 4.98 Å². The van der Waals surface area contributed by atoms with Crippen LogP contribution in [0.2, 0.25) is 0 Å². The van der Waals surface area contributed by atoms with Gasteiger partial charge in [0.05, 0.1) is 11.0 Å². The topological polar surface area (TPSA) is 53.2 Å². The molecule has 1 aliphatic rings. The van der Waals surface area contributed by atoms with Crippen molar-refractivity contribution in [1.82, 2.24) is 4.98 Å². The maximum absolute atomic E-state index is 13.5. The van der Waals surface area contributed by atoms with E-state index in [9.17, 15) is 9.59 Å². The van der Waals surface area contributed by atoms with Crippen molar-refractivity contribution < 1.29 is 9.59 Å². The van der Waals surface area contributed by atoms with Crippen LogP contribution < -0.4 is 4.90 Å². The third kappa shape index (κ3) is 2.61. The normalized spacial score (nSPS) is 18.1. The van der Waals surface area contributed by atoms with Crippen molar-refractivity contribution in [2.24, 2.45) is 0 Å². The number of hydrogen-bond donors (Lipinski definition) is 1. The molecule has 1 unspecified atom stereocenters. The first-order valence-electron chi connectivity index (χ1n) is 10.1. The minimum Gasteiger partial charge on any atom is -0.358 e. The Labute approximate surface area is 175 Å². The van der Waals surface area contributed by atoms with Crippen LogP contribution in [0.25, 0.3) is 10.9 Å². The Hall–Kier alpha value is -3.66. The first-order valence-corrected chi connectivity index (χ1v) is 10.1. The Morgan fingerprint density at radius 3 is 2.40 bits per heavy atom. The molecule has 0 spiro atoms. The zero-order valence-electron chi connectivity index (χ0n) is 17.0. The van der Waals surface area contributed by atoms with Crippen LogP contribution in [0, 0.1) is 0 Å². The molecule has 0 bridgehead atoms. The molecule has 148 valence electrons. The Morgan fingerprint density at radius 2 is 1.60 bits per heavy atom. The number of ketones is 1. The predicted octanol–water partition coefficient (Wildman–Crippen LogP) is 4.88. The van der Waals surface area contributed by atoms with E-state index in [0.29, 0.717) is 17.5 Å². The third-order valence-electron chi connectivity index (χ3n) is 6.21. The summed E-state index contributed by atoms with van der Waals surface area (Å²) in [5.41, 5.74) is 4.18. The average molecular weight is 394 g/mol. The number of hydrogen-bond acceptors (Lipinski definition) is 2. The van der Waals surface area contributed by atoms with Gasteiger partial charge in [0.25, 0.3) is 0 Å². The minimum absolute atomic E-state index is 0.0289. The lowest BCUT2D eigenvalue weighted by atomic mass is 9.78. The van der Waals surface area contributed by atoms with Crippen molar-refractivity contribution in [2.75, 3.05) is 11.9 Å². The Morgan fingerprint density at radius 1 is 0.933 bits per heavy atom. The number of nitrogens with zero attached hydrogens (tertiary/aromatic N) is 1. The lowest BCUT2D eigenvalue weighted by Crippen LogP contribution is -2.38. The summed E-state index contributed by atoms with van der Waals surface area (Å²) in [7, 11) is 1.81. The molecular formula is C26H22N2O2. The summed E-state index contributed by atoms with van der Waals surface area (Å²) in [6, 6.07) is 25.0. The fraction of sp³-hybridized carbons (Fsp3) is 0.154. The number of benzene rings is 3. The van der Waals surface area contributed by atoms with Gasteiger partial charge in [-0.2, -0.15) is 0 Å². The van der Waals surface area contributed by atoms with Gasteiger partial charge in [-0.3, -0.25) is 9.59 Å². The van der Waals surface area contributed by atoms with Gasteiger partial charge in [-0.25, -0.2) is 0 Å². The molecule has 0 saturated carbocycles. The molecule has 2 heterocycles. The number of carbonyl (C=O) groups is 2. The van der Waals surface area contributed by atoms with E-state index >= 15 is 0 Å². The van der Waals surface area contributed by atoms with E-state index in [1.165, 1.54) is 0 Å². The minimum atomic E-state index is -0.738.